The lowest BCUT2D eigenvalue weighted by Gasteiger charge is -2.12. The predicted octanol–water partition coefficient (Wildman–Crippen LogP) is 3.44. The zero-order chi connectivity index (χ0) is 11.4. The Morgan fingerprint density at radius 1 is 1.31 bits per heavy atom. The second kappa shape index (κ2) is 4.99. The van der Waals surface area contributed by atoms with Gasteiger partial charge in [-0.15, -0.1) is 0 Å². The van der Waals surface area contributed by atoms with E-state index in [-0.39, 0.29) is 0 Å². The van der Waals surface area contributed by atoms with Gasteiger partial charge in [-0.05, 0) is 20.0 Å². The molecule has 0 saturated heterocycles. The number of rotatable bonds is 4. The van der Waals surface area contributed by atoms with Gasteiger partial charge in [0.2, 0.25) is 0 Å². The number of hydrogen-bond acceptors (Lipinski definition) is 2. The molecule has 2 rings (SSSR count). The summed E-state index contributed by atoms with van der Waals surface area (Å²) >= 11 is 0. The lowest BCUT2D eigenvalue weighted by molar-refractivity contribution is 0.362. The Kier molecular flexibility index (Phi) is 3.42. The molecule has 0 bridgehead atoms. The lowest BCUT2D eigenvalue weighted by Crippen LogP contribution is -2.17. The normalized spacial score (nSPS) is 11.9. The highest BCUT2D eigenvalue weighted by Crippen LogP contribution is 2.21. The van der Waals surface area contributed by atoms with E-state index in [2.05, 4.69) is 30.2 Å². The van der Waals surface area contributed by atoms with Gasteiger partial charge in [0.05, 0.1) is 6.26 Å². The van der Waals surface area contributed by atoms with E-state index in [9.17, 15) is 0 Å². The number of hydrogen-bond donors (Lipinski definition) is 0. The number of benzene rings is 1. The standard InChI is InChI=1S/C14H17NO/c1-3-4-9-15(2)10-12-11-16-14-8-6-5-7-13(12)14/h3-8,11H,9-10H2,1-2H3/b4-3+. The summed E-state index contributed by atoms with van der Waals surface area (Å²) in [6, 6.07) is 8.16. The van der Waals surface area contributed by atoms with E-state index in [1.807, 2.05) is 31.4 Å². The van der Waals surface area contributed by atoms with Crippen molar-refractivity contribution in [1.29, 1.82) is 0 Å². The molecular weight excluding hydrogens is 198 g/mol. The van der Waals surface area contributed by atoms with Gasteiger partial charge < -0.3 is 4.42 Å². The molecule has 0 N–H and O–H groups in total. The smallest absolute Gasteiger partial charge is 0.134 e. The van der Waals surface area contributed by atoms with Crippen LogP contribution in [-0.4, -0.2) is 18.5 Å². The molecule has 1 aromatic heterocycles. The fourth-order valence-corrected chi connectivity index (χ4v) is 1.80. The van der Waals surface area contributed by atoms with E-state index >= 15 is 0 Å². The largest absolute Gasteiger partial charge is 0.464 e. The first-order chi connectivity index (χ1) is 7.81. The van der Waals surface area contributed by atoms with Crippen molar-refractivity contribution in [3.8, 4) is 0 Å². The number of furan rings is 1. The molecule has 84 valence electrons. The molecule has 1 aromatic carbocycles. The van der Waals surface area contributed by atoms with Crippen LogP contribution in [0.5, 0.6) is 0 Å². The van der Waals surface area contributed by atoms with Crippen LogP contribution in [0.1, 0.15) is 12.5 Å². The van der Waals surface area contributed by atoms with Gasteiger partial charge in [0, 0.05) is 24.0 Å². The van der Waals surface area contributed by atoms with Gasteiger partial charge in [-0.1, -0.05) is 30.4 Å². The molecule has 0 fully saturated rings. The average Bonchev–Trinajstić information content (AvgIpc) is 2.70. The maximum absolute atomic E-state index is 5.51. The number of likely N-dealkylation sites (N-methyl/N-ethyl adjacent to an activating group) is 1. The van der Waals surface area contributed by atoms with Gasteiger partial charge in [0.25, 0.3) is 0 Å². The number of nitrogens with zero attached hydrogens (tertiary/aromatic N) is 1. The summed E-state index contributed by atoms with van der Waals surface area (Å²) in [7, 11) is 2.11. The summed E-state index contributed by atoms with van der Waals surface area (Å²) in [6.07, 6.45) is 6.09. The van der Waals surface area contributed by atoms with Crippen LogP contribution in [0.2, 0.25) is 0 Å². The van der Waals surface area contributed by atoms with Crippen LogP contribution in [0.4, 0.5) is 0 Å². The van der Waals surface area contributed by atoms with Crippen LogP contribution in [0.15, 0.2) is 47.1 Å². The Balaban J connectivity index is 2.15. The maximum Gasteiger partial charge on any atom is 0.134 e. The van der Waals surface area contributed by atoms with Crippen molar-refractivity contribution in [3.05, 3.63) is 48.2 Å². The summed E-state index contributed by atoms with van der Waals surface area (Å²) in [4.78, 5) is 2.26. The quantitative estimate of drug-likeness (QED) is 0.726. The monoisotopic (exact) mass is 215 g/mol. The van der Waals surface area contributed by atoms with Crippen LogP contribution in [0.25, 0.3) is 11.0 Å². The van der Waals surface area contributed by atoms with Crippen molar-refractivity contribution >= 4 is 11.0 Å². The molecule has 2 aromatic rings. The molecule has 2 heteroatoms. The summed E-state index contributed by atoms with van der Waals surface area (Å²) in [5.74, 6) is 0. The van der Waals surface area contributed by atoms with Crippen molar-refractivity contribution in [2.75, 3.05) is 13.6 Å². The average molecular weight is 215 g/mol. The molecule has 16 heavy (non-hydrogen) atoms. The van der Waals surface area contributed by atoms with Crippen LogP contribution in [-0.2, 0) is 6.54 Å². The minimum absolute atomic E-state index is 0.918. The first-order valence-electron chi connectivity index (χ1n) is 5.56. The molecule has 0 aliphatic rings. The fourth-order valence-electron chi connectivity index (χ4n) is 1.80. The second-order valence-corrected chi connectivity index (χ2v) is 4.02. The van der Waals surface area contributed by atoms with E-state index in [0.29, 0.717) is 0 Å². The molecule has 1 heterocycles. The highest BCUT2D eigenvalue weighted by atomic mass is 16.3. The number of para-hydroxylation sites is 1. The van der Waals surface area contributed by atoms with Crippen LogP contribution in [0, 0.1) is 0 Å². The van der Waals surface area contributed by atoms with Gasteiger partial charge in [0.15, 0.2) is 0 Å². The fraction of sp³-hybridized carbons (Fsp3) is 0.286. The Morgan fingerprint density at radius 2 is 2.12 bits per heavy atom. The van der Waals surface area contributed by atoms with Gasteiger partial charge in [0.1, 0.15) is 5.58 Å². The Labute approximate surface area is 96.2 Å². The van der Waals surface area contributed by atoms with Crippen molar-refractivity contribution < 1.29 is 4.42 Å². The molecule has 0 spiro atoms. The van der Waals surface area contributed by atoms with Gasteiger partial charge in [-0.2, -0.15) is 0 Å². The highest BCUT2D eigenvalue weighted by Gasteiger charge is 2.06. The van der Waals surface area contributed by atoms with E-state index in [1.165, 1.54) is 10.9 Å². The topological polar surface area (TPSA) is 16.4 Å². The minimum atomic E-state index is 0.918. The molecule has 0 radical (unpaired) electrons. The van der Waals surface area contributed by atoms with Crippen molar-refractivity contribution in [1.82, 2.24) is 4.90 Å². The van der Waals surface area contributed by atoms with Gasteiger partial charge in [-0.3, -0.25) is 4.90 Å². The maximum atomic E-state index is 5.51. The third kappa shape index (κ3) is 2.34. The number of fused-ring (bicyclic) bond motifs is 1. The summed E-state index contributed by atoms with van der Waals surface area (Å²) < 4.78 is 5.51. The van der Waals surface area contributed by atoms with Gasteiger partial charge >= 0.3 is 0 Å². The Morgan fingerprint density at radius 3 is 2.94 bits per heavy atom. The SMILES string of the molecule is C/C=C/CN(C)Cc1coc2ccccc12. The van der Waals surface area contributed by atoms with E-state index in [0.717, 1.165) is 18.7 Å². The predicted molar refractivity (Wildman–Crippen MR) is 67.4 cm³/mol. The highest BCUT2D eigenvalue weighted by molar-refractivity contribution is 5.80. The molecule has 0 atom stereocenters. The first kappa shape index (κ1) is 11.0. The van der Waals surface area contributed by atoms with Crippen molar-refractivity contribution in [2.45, 2.75) is 13.5 Å². The summed E-state index contributed by atoms with van der Waals surface area (Å²) in [6.45, 7) is 3.93. The third-order valence-corrected chi connectivity index (χ3v) is 2.65. The minimum Gasteiger partial charge on any atom is -0.464 e. The van der Waals surface area contributed by atoms with E-state index in [1.54, 1.807) is 0 Å². The number of allylic oxidation sites excluding steroid dienone is 1. The van der Waals surface area contributed by atoms with Crippen molar-refractivity contribution in [2.24, 2.45) is 0 Å². The molecule has 0 aliphatic carbocycles. The zero-order valence-corrected chi connectivity index (χ0v) is 9.81. The summed E-state index contributed by atoms with van der Waals surface area (Å²) in [5.41, 5.74) is 2.22. The molecule has 0 saturated carbocycles. The van der Waals surface area contributed by atoms with Crippen LogP contribution >= 0.6 is 0 Å². The lowest BCUT2D eigenvalue weighted by atomic mass is 10.2. The molecule has 0 amide bonds. The zero-order valence-electron chi connectivity index (χ0n) is 9.81. The second-order valence-electron chi connectivity index (χ2n) is 4.02. The Hall–Kier alpha value is -1.54. The van der Waals surface area contributed by atoms with Crippen molar-refractivity contribution in [3.63, 3.8) is 0 Å². The van der Waals surface area contributed by atoms with E-state index < -0.39 is 0 Å². The molecular formula is C14H17NO. The first-order valence-corrected chi connectivity index (χ1v) is 5.56. The molecule has 0 unspecified atom stereocenters. The van der Waals surface area contributed by atoms with Crippen LogP contribution in [0.3, 0.4) is 0 Å². The summed E-state index contributed by atoms with van der Waals surface area (Å²) in [5, 5.41) is 1.22. The Bertz CT molecular complexity index is 484. The molecule has 2 nitrogen and oxygen atoms in total. The van der Waals surface area contributed by atoms with Crippen LogP contribution < -0.4 is 0 Å². The van der Waals surface area contributed by atoms with Gasteiger partial charge in [-0.25, -0.2) is 0 Å². The molecule has 0 aliphatic heterocycles. The third-order valence-electron chi connectivity index (χ3n) is 2.65. The van der Waals surface area contributed by atoms with E-state index in [4.69, 9.17) is 4.42 Å².